The van der Waals surface area contributed by atoms with Crippen LogP contribution in [0.1, 0.15) is 5.69 Å². The Bertz CT molecular complexity index is 619. The van der Waals surface area contributed by atoms with E-state index in [0.29, 0.717) is 19.7 Å². The van der Waals surface area contributed by atoms with Crippen molar-refractivity contribution in [2.75, 3.05) is 39.2 Å². The number of aromatic nitrogens is 2. The number of hydrogen-bond acceptors (Lipinski definition) is 6. The molecule has 0 aromatic carbocycles. The lowest BCUT2D eigenvalue weighted by Gasteiger charge is -2.11. The number of rotatable bonds is 7. The van der Waals surface area contributed by atoms with Crippen LogP contribution in [-0.4, -0.2) is 50.2 Å². The van der Waals surface area contributed by atoms with E-state index in [4.69, 9.17) is 4.74 Å². The van der Waals surface area contributed by atoms with Crippen molar-refractivity contribution in [1.29, 1.82) is 0 Å². The highest BCUT2D eigenvalue weighted by atomic mass is 127. The Morgan fingerprint density at radius 3 is 2.83 bits per heavy atom. The largest absolute Gasteiger partial charge is 0.490 e. The van der Waals surface area contributed by atoms with Crippen LogP contribution in [0.3, 0.4) is 0 Å². The summed E-state index contributed by atoms with van der Waals surface area (Å²) in [7, 11) is 5.71. The Morgan fingerprint density at radius 1 is 1.38 bits per heavy atom. The number of nitrogens with one attached hydrogen (secondary N) is 2. The highest BCUT2D eigenvalue weighted by Crippen LogP contribution is 2.17. The molecule has 9 heteroatoms. The maximum atomic E-state index is 5.57. The molecule has 2 rings (SSSR count). The fourth-order valence-corrected chi connectivity index (χ4v) is 2.51. The number of ether oxygens (including phenoxy) is 1. The fraction of sp³-hybridized carbons (Fsp3) is 0.400. The first-order valence-electron chi connectivity index (χ1n) is 7.28. The molecule has 132 valence electrons. The lowest BCUT2D eigenvalue weighted by atomic mass is 10.5. The quantitative estimate of drug-likeness (QED) is 0.284. The topological polar surface area (TPSA) is 74.7 Å². The first kappa shape index (κ1) is 20.4. The van der Waals surface area contributed by atoms with Gasteiger partial charge in [0.15, 0.2) is 11.1 Å². The molecule has 0 bridgehead atoms. The molecule has 0 saturated heterocycles. The molecule has 24 heavy (non-hydrogen) atoms. The van der Waals surface area contributed by atoms with Crippen LogP contribution in [0.2, 0.25) is 0 Å². The van der Waals surface area contributed by atoms with Crippen molar-refractivity contribution < 1.29 is 4.74 Å². The maximum absolute atomic E-state index is 5.57. The Hall–Kier alpha value is -1.62. The summed E-state index contributed by atoms with van der Waals surface area (Å²) >= 11 is 1.62. The number of thiazole rings is 1. The van der Waals surface area contributed by atoms with Gasteiger partial charge in [-0.15, -0.1) is 35.3 Å². The van der Waals surface area contributed by atoms with Crippen LogP contribution in [0.25, 0.3) is 0 Å². The van der Waals surface area contributed by atoms with Crippen molar-refractivity contribution in [2.45, 2.75) is 6.54 Å². The molecule has 7 nitrogen and oxygen atoms in total. The zero-order valence-corrected chi connectivity index (χ0v) is 17.2. The van der Waals surface area contributed by atoms with E-state index in [1.165, 1.54) is 0 Å². The van der Waals surface area contributed by atoms with Crippen LogP contribution in [0.4, 0.5) is 5.13 Å². The third-order valence-electron chi connectivity index (χ3n) is 2.88. The first-order valence-corrected chi connectivity index (χ1v) is 8.16. The Labute approximate surface area is 163 Å². The second kappa shape index (κ2) is 11.0. The summed E-state index contributed by atoms with van der Waals surface area (Å²) in [6, 6.07) is 3.73. The summed E-state index contributed by atoms with van der Waals surface area (Å²) in [4.78, 5) is 14.7. The third-order valence-corrected chi connectivity index (χ3v) is 3.94. The van der Waals surface area contributed by atoms with Gasteiger partial charge in [-0.3, -0.25) is 9.98 Å². The number of hydrogen-bond donors (Lipinski definition) is 2. The molecule has 0 amide bonds. The lowest BCUT2D eigenvalue weighted by Crippen LogP contribution is -2.38. The van der Waals surface area contributed by atoms with Gasteiger partial charge in [-0.1, -0.05) is 0 Å². The van der Waals surface area contributed by atoms with E-state index in [1.807, 2.05) is 36.5 Å². The summed E-state index contributed by atoms with van der Waals surface area (Å²) in [6.07, 6.45) is 3.41. The standard InChI is InChI=1S/C15H22N6OS.HI/c1-16-14(18-7-8-22-13-5-4-6-17-10-13)19-9-12-11-23-15(20-12)21(2)3;/h4-6,10-11H,7-9H2,1-3H3,(H2,16,18,19);1H. The second-order valence-corrected chi connectivity index (χ2v) is 5.74. The molecule has 2 aromatic rings. The molecule has 2 heterocycles. The van der Waals surface area contributed by atoms with E-state index in [0.717, 1.165) is 22.5 Å². The van der Waals surface area contributed by atoms with E-state index < -0.39 is 0 Å². The molecule has 2 N–H and O–H groups in total. The van der Waals surface area contributed by atoms with Gasteiger partial charge in [0.1, 0.15) is 12.4 Å². The van der Waals surface area contributed by atoms with Crippen molar-refractivity contribution in [3.05, 3.63) is 35.6 Å². The molecule has 0 saturated carbocycles. The number of nitrogens with zero attached hydrogens (tertiary/aromatic N) is 4. The van der Waals surface area contributed by atoms with Gasteiger partial charge in [-0.05, 0) is 12.1 Å². The Balaban J connectivity index is 0.00000288. The summed E-state index contributed by atoms with van der Waals surface area (Å²) in [5.74, 6) is 1.48. The van der Waals surface area contributed by atoms with Crippen LogP contribution in [0, 0.1) is 0 Å². The van der Waals surface area contributed by atoms with Crippen molar-refractivity contribution >= 4 is 46.4 Å². The predicted molar refractivity (Wildman–Crippen MR) is 110 cm³/mol. The molecular formula is C15H23IN6OS. The Kier molecular flexibility index (Phi) is 9.38. The number of anilines is 1. The molecule has 0 aliphatic carbocycles. The number of halogens is 1. The van der Waals surface area contributed by atoms with Gasteiger partial charge in [0.05, 0.1) is 25.0 Å². The van der Waals surface area contributed by atoms with Gasteiger partial charge in [0.25, 0.3) is 0 Å². The zero-order chi connectivity index (χ0) is 16.5. The molecule has 0 radical (unpaired) electrons. The van der Waals surface area contributed by atoms with E-state index in [1.54, 1.807) is 30.8 Å². The first-order chi connectivity index (χ1) is 11.2. The number of pyridine rings is 1. The van der Waals surface area contributed by atoms with Gasteiger partial charge in [0, 0.05) is 32.7 Å². The number of guanidine groups is 1. The molecule has 0 atom stereocenters. The molecule has 0 spiro atoms. The van der Waals surface area contributed by atoms with Crippen LogP contribution >= 0.6 is 35.3 Å². The monoisotopic (exact) mass is 462 g/mol. The van der Waals surface area contributed by atoms with E-state index >= 15 is 0 Å². The normalized spacial score (nSPS) is 10.7. The SMILES string of the molecule is CN=C(NCCOc1cccnc1)NCc1csc(N(C)C)n1.I. The smallest absolute Gasteiger partial charge is 0.191 e. The summed E-state index contributed by atoms with van der Waals surface area (Å²) in [6.45, 7) is 1.82. The third kappa shape index (κ3) is 6.87. The molecule has 0 aliphatic heterocycles. The van der Waals surface area contributed by atoms with Crippen molar-refractivity contribution in [3.8, 4) is 5.75 Å². The van der Waals surface area contributed by atoms with Crippen molar-refractivity contribution in [2.24, 2.45) is 4.99 Å². The minimum atomic E-state index is 0. The molecule has 0 aliphatic rings. The Morgan fingerprint density at radius 2 is 2.21 bits per heavy atom. The van der Waals surface area contributed by atoms with Gasteiger partial charge in [0.2, 0.25) is 0 Å². The van der Waals surface area contributed by atoms with E-state index in [-0.39, 0.29) is 24.0 Å². The van der Waals surface area contributed by atoms with Gasteiger partial charge in [-0.25, -0.2) is 4.98 Å². The van der Waals surface area contributed by atoms with Crippen molar-refractivity contribution in [1.82, 2.24) is 20.6 Å². The predicted octanol–water partition coefficient (Wildman–Crippen LogP) is 1.97. The summed E-state index contributed by atoms with van der Waals surface area (Å²) < 4.78 is 5.57. The average Bonchev–Trinajstić information content (AvgIpc) is 3.04. The average molecular weight is 462 g/mol. The van der Waals surface area contributed by atoms with Gasteiger partial charge < -0.3 is 20.3 Å². The van der Waals surface area contributed by atoms with Crippen LogP contribution in [0.15, 0.2) is 34.9 Å². The molecule has 0 unspecified atom stereocenters. The van der Waals surface area contributed by atoms with E-state index in [2.05, 4.69) is 25.6 Å². The second-order valence-electron chi connectivity index (χ2n) is 4.91. The molecular weight excluding hydrogens is 439 g/mol. The lowest BCUT2D eigenvalue weighted by molar-refractivity contribution is 0.320. The summed E-state index contributed by atoms with van der Waals surface area (Å²) in [5, 5.41) is 9.47. The number of aliphatic imine (C=N–C) groups is 1. The molecule has 0 fully saturated rings. The highest BCUT2D eigenvalue weighted by Gasteiger charge is 2.04. The van der Waals surface area contributed by atoms with Gasteiger partial charge >= 0.3 is 0 Å². The summed E-state index contributed by atoms with van der Waals surface area (Å²) in [5.41, 5.74) is 0.994. The van der Waals surface area contributed by atoms with Crippen molar-refractivity contribution in [3.63, 3.8) is 0 Å². The fourth-order valence-electron chi connectivity index (χ4n) is 1.75. The van der Waals surface area contributed by atoms with Crippen LogP contribution < -0.4 is 20.3 Å². The van der Waals surface area contributed by atoms with Crippen LogP contribution in [-0.2, 0) is 6.54 Å². The zero-order valence-electron chi connectivity index (χ0n) is 14.0. The minimum absolute atomic E-state index is 0. The molecule has 2 aromatic heterocycles. The van der Waals surface area contributed by atoms with Crippen LogP contribution in [0.5, 0.6) is 5.75 Å². The van der Waals surface area contributed by atoms with Gasteiger partial charge in [-0.2, -0.15) is 0 Å². The van der Waals surface area contributed by atoms with E-state index in [9.17, 15) is 0 Å². The minimum Gasteiger partial charge on any atom is -0.490 e. The maximum Gasteiger partial charge on any atom is 0.191 e. The highest BCUT2D eigenvalue weighted by molar-refractivity contribution is 14.0.